The molecule has 0 aliphatic heterocycles. The van der Waals surface area contributed by atoms with E-state index in [4.69, 9.17) is 0 Å². The summed E-state index contributed by atoms with van der Waals surface area (Å²) in [7, 11) is 0. The van der Waals surface area contributed by atoms with E-state index in [1.807, 2.05) is 12.1 Å². The van der Waals surface area contributed by atoms with Gasteiger partial charge < -0.3 is 4.98 Å². The first kappa shape index (κ1) is 10.3. The molecule has 2 heteroatoms. The van der Waals surface area contributed by atoms with Crippen LogP contribution in [0.3, 0.4) is 0 Å². The van der Waals surface area contributed by atoms with Crippen molar-refractivity contribution in [1.82, 2.24) is 4.98 Å². The predicted octanol–water partition coefficient (Wildman–Crippen LogP) is 3.61. The average molecular weight is 225 g/mol. The first-order chi connectivity index (χ1) is 8.25. The maximum absolute atomic E-state index is 11.5. The number of rotatable bonds is 1. The molecule has 1 aliphatic carbocycles. The van der Waals surface area contributed by atoms with Gasteiger partial charge in [-0.2, -0.15) is 0 Å². The minimum absolute atomic E-state index is 0.254. The molecule has 2 nitrogen and oxygen atoms in total. The number of allylic oxidation sites excluding steroid dienone is 2. The summed E-state index contributed by atoms with van der Waals surface area (Å²) in [5.74, 6) is 0.254. The Kier molecular flexibility index (Phi) is 2.36. The molecule has 3 rings (SSSR count). The van der Waals surface area contributed by atoms with Crippen molar-refractivity contribution in [1.29, 1.82) is 0 Å². The Labute approximate surface area is 100 Å². The Morgan fingerprint density at radius 2 is 2.00 bits per heavy atom. The first-order valence-electron chi connectivity index (χ1n) is 6.07. The molecule has 17 heavy (non-hydrogen) atoms. The summed E-state index contributed by atoms with van der Waals surface area (Å²) in [5.41, 5.74) is 4.70. The van der Waals surface area contributed by atoms with E-state index in [1.165, 1.54) is 10.9 Å². The Hall–Kier alpha value is -1.83. The Balaban J connectivity index is 2.17. The lowest BCUT2D eigenvalue weighted by Crippen LogP contribution is -2.02. The number of fused-ring (bicyclic) bond motifs is 1. The fourth-order valence-electron chi connectivity index (χ4n) is 2.59. The number of hydrogen-bond acceptors (Lipinski definition) is 1. The number of aromatic nitrogens is 1. The van der Waals surface area contributed by atoms with Crippen LogP contribution < -0.4 is 0 Å². The number of aryl methyl sites for hydroxylation is 1. The molecule has 0 atom stereocenters. The van der Waals surface area contributed by atoms with Gasteiger partial charge in [-0.3, -0.25) is 4.79 Å². The van der Waals surface area contributed by atoms with E-state index in [2.05, 4.69) is 24.0 Å². The van der Waals surface area contributed by atoms with Gasteiger partial charge in [0.05, 0.1) is 0 Å². The number of ketones is 1. The molecule has 1 aliphatic rings. The van der Waals surface area contributed by atoms with Crippen LogP contribution in [-0.2, 0) is 4.79 Å². The van der Waals surface area contributed by atoms with Crippen molar-refractivity contribution in [2.45, 2.75) is 26.2 Å². The normalized spacial score (nSPS) is 16.3. The molecule has 0 saturated carbocycles. The van der Waals surface area contributed by atoms with Gasteiger partial charge in [-0.15, -0.1) is 0 Å². The lowest BCUT2D eigenvalue weighted by molar-refractivity contribution is -0.114. The van der Waals surface area contributed by atoms with Crippen LogP contribution in [0, 0.1) is 6.92 Å². The molecule has 1 aromatic heterocycles. The number of carbonyl (C=O) groups is 1. The highest BCUT2D eigenvalue weighted by Gasteiger charge is 2.16. The van der Waals surface area contributed by atoms with Crippen LogP contribution in [0.1, 0.15) is 30.5 Å². The van der Waals surface area contributed by atoms with Crippen molar-refractivity contribution in [2.24, 2.45) is 0 Å². The topological polar surface area (TPSA) is 32.9 Å². The van der Waals surface area contributed by atoms with Crippen molar-refractivity contribution in [2.75, 3.05) is 0 Å². The highest BCUT2D eigenvalue weighted by Crippen LogP contribution is 2.31. The lowest BCUT2D eigenvalue weighted by Gasteiger charge is -2.11. The van der Waals surface area contributed by atoms with Crippen molar-refractivity contribution in [3.63, 3.8) is 0 Å². The molecule has 0 fully saturated rings. The zero-order valence-corrected chi connectivity index (χ0v) is 9.92. The van der Waals surface area contributed by atoms with Crippen molar-refractivity contribution < 1.29 is 4.79 Å². The maximum Gasteiger partial charge on any atom is 0.156 e. The lowest BCUT2D eigenvalue weighted by atomic mass is 9.94. The number of aromatic amines is 1. The van der Waals surface area contributed by atoms with Gasteiger partial charge in [-0.1, -0.05) is 18.2 Å². The SMILES string of the molecule is Cc1c(C2=CC(=O)CCC2)[nH]c2ccccc12. The minimum Gasteiger partial charge on any atom is -0.355 e. The van der Waals surface area contributed by atoms with E-state index in [-0.39, 0.29) is 5.78 Å². The second-order valence-electron chi connectivity index (χ2n) is 4.66. The molecular formula is C15H15NO. The Morgan fingerprint density at radius 3 is 2.76 bits per heavy atom. The van der Waals surface area contributed by atoms with E-state index < -0.39 is 0 Å². The van der Waals surface area contributed by atoms with E-state index in [0.29, 0.717) is 6.42 Å². The molecule has 1 heterocycles. The highest BCUT2D eigenvalue weighted by atomic mass is 16.1. The quantitative estimate of drug-likeness (QED) is 0.790. The van der Waals surface area contributed by atoms with Gasteiger partial charge in [0.25, 0.3) is 0 Å². The molecule has 1 aromatic carbocycles. The summed E-state index contributed by atoms with van der Waals surface area (Å²) in [6, 6.07) is 8.28. The second kappa shape index (κ2) is 3.88. The van der Waals surface area contributed by atoms with Gasteiger partial charge in [0, 0.05) is 23.0 Å². The molecule has 0 saturated heterocycles. The van der Waals surface area contributed by atoms with E-state index >= 15 is 0 Å². The molecule has 0 amide bonds. The zero-order valence-electron chi connectivity index (χ0n) is 9.92. The number of nitrogens with one attached hydrogen (secondary N) is 1. The third-order valence-corrected chi connectivity index (χ3v) is 3.49. The number of carbonyl (C=O) groups excluding carboxylic acids is 1. The smallest absolute Gasteiger partial charge is 0.156 e. The number of para-hydroxylation sites is 1. The molecule has 86 valence electrons. The summed E-state index contributed by atoms with van der Waals surface area (Å²) < 4.78 is 0. The maximum atomic E-state index is 11.5. The summed E-state index contributed by atoms with van der Waals surface area (Å²) in [5, 5.41) is 1.25. The Bertz CT molecular complexity index is 619. The fourth-order valence-corrected chi connectivity index (χ4v) is 2.59. The van der Waals surface area contributed by atoms with Crippen LogP contribution in [-0.4, -0.2) is 10.8 Å². The van der Waals surface area contributed by atoms with Crippen molar-refractivity contribution >= 4 is 22.3 Å². The third kappa shape index (κ3) is 1.70. The van der Waals surface area contributed by atoms with E-state index in [0.717, 1.165) is 29.6 Å². The van der Waals surface area contributed by atoms with E-state index in [9.17, 15) is 4.79 Å². The largest absolute Gasteiger partial charge is 0.355 e. The van der Waals surface area contributed by atoms with Crippen LogP contribution in [0.5, 0.6) is 0 Å². The van der Waals surface area contributed by atoms with Crippen LogP contribution in [0.15, 0.2) is 30.3 Å². The van der Waals surface area contributed by atoms with Crippen LogP contribution in [0.25, 0.3) is 16.5 Å². The monoisotopic (exact) mass is 225 g/mol. The summed E-state index contributed by atoms with van der Waals surface area (Å²) in [4.78, 5) is 14.9. The molecule has 2 aromatic rings. The van der Waals surface area contributed by atoms with Crippen LogP contribution in [0.4, 0.5) is 0 Å². The molecule has 0 unspecified atom stereocenters. The van der Waals surface area contributed by atoms with Gasteiger partial charge >= 0.3 is 0 Å². The summed E-state index contributed by atoms with van der Waals surface area (Å²) in [6.45, 7) is 2.12. The summed E-state index contributed by atoms with van der Waals surface area (Å²) in [6.07, 6.45) is 4.48. The van der Waals surface area contributed by atoms with Crippen molar-refractivity contribution in [3.05, 3.63) is 41.6 Å². The van der Waals surface area contributed by atoms with E-state index in [1.54, 1.807) is 6.08 Å². The third-order valence-electron chi connectivity index (χ3n) is 3.49. The number of H-pyrrole nitrogens is 1. The standard InChI is InChI=1S/C15H15NO/c1-10-13-7-2-3-8-14(13)16-15(10)11-5-4-6-12(17)9-11/h2-3,7-9,16H,4-6H2,1H3. The van der Waals surface area contributed by atoms with Crippen molar-refractivity contribution in [3.8, 4) is 0 Å². The number of hydrogen-bond donors (Lipinski definition) is 1. The van der Waals surface area contributed by atoms with Gasteiger partial charge in [0.1, 0.15) is 0 Å². The van der Waals surface area contributed by atoms with Gasteiger partial charge in [-0.05, 0) is 43.0 Å². The molecule has 1 N–H and O–H groups in total. The summed E-state index contributed by atoms with van der Waals surface area (Å²) >= 11 is 0. The van der Waals surface area contributed by atoms with Crippen LogP contribution >= 0.6 is 0 Å². The highest BCUT2D eigenvalue weighted by molar-refractivity contribution is 6.00. The Morgan fingerprint density at radius 1 is 1.18 bits per heavy atom. The first-order valence-corrected chi connectivity index (χ1v) is 6.07. The van der Waals surface area contributed by atoms with Gasteiger partial charge in [-0.25, -0.2) is 0 Å². The van der Waals surface area contributed by atoms with Gasteiger partial charge in [0.2, 0.25) is 0 Å². The molecule has 0 radical (unpaired) electrons. The average Bonchev–Trinajstić information content (AvgIpc) is 2.68. The van der Waals surface area contributed by atoms with Gasteiger partial charge in [0.15, 0.2) is 5.78 Å². The minimum atomic E-state index is 0.254. The zero-order chi connectivity index (χ0) is 11.8. The molecule has 0 bridgehead atoms. The predicted molar refractivity (Wildman–Crippen MR) is 69.9 cm³/mol. The molecular weight excluding hydrogens is 210 g/mol. The molecule has 0 spiro atoms. The van der Waals surface area contributed by atoms with Crippen LogP contribution in [0.2, 0.25) is 0 Å². The fraction of sp³-hybridized carbons (Fsp3) is 0.267. The number of benzene rings is 1. The second-order valence-corrected chi connectivity index (χ2v) is 4.66.